The number of phenols is 1. The van der Waals surface area contributed by atoms with Crippen LogP contribution in [0.4, 0.5) is 5.69 Å². The topological polar surface area (TPSA) is 117 Å². The molecule has 0 aliphatic carbocycles. The minimum atomic E-state index is -0.379. The van der Waals surface area contributed by atoms with Gasteiger partial charge in [-0.15, -0.1) is 5.10 Å². The molecule has 1 aromatic heterocycles. The Bertz CT molecular complexity index is 1740. The molecule has 13 heteroatoms. The predicted octanol–water partition coefficient (Wildman–Crippen LogP) is 7.58. The molecule has 2 heterocycles. The van der Waals surface area contributed by atoms with Crippen LogP contribution in [0.25, 0.3) is 6.08 Å². The second kappa shape index (κ2) is 14.0. The minimum Gasteiger partial charge on any atom is -0.507 e. The molecule has 0 bridgehead atoms. The third-order valence-corrected chi connectivity index (χ3v) is 7.83. The molecule has 0 spiro atoms. The van der Waals surface area contributed by atoms with Crippen LogP contribution in [0, 0.1) is 0 Å². The van der Waals surface area contributed by atoms with Crippen molar-refractivity contribution in [2.24, 2.45) is 10.2 Å². The number of aromatic hydroxyl groups is 1. The molecule has 1 aliphatic rings. The van der Waals surface area contributed by atoms with Gasteiger partial charge in [0.15, 0.2) is 11.8 Å². The van der Waals surface area contributed by atoms with Crippen molar-refractivity contribution in [3.8, 4) is 11.5 Å². The maximum Gasteiger partial charge on any atom is 0.267 e. The standard InChI is InChI=1S/C30H21BrCl2N4O5S/c31-20-3-9-25(38)19(12-20)15-34-36-30-37(16-24-2-1-11-41-24)29(40)27(43-30)14-18-13-22(33)6-10-26(18)42-17-28(39)35-23-7-4-21(32)5-8-23/h1-15,38H,16-17H2,(H,35,39)/b27-14-,34-15-,36-30+. The summed E-state index contributed by atoms with van der Waals surface area (Å²) in [4.78, 5) is 27.8. The van der Waals surface area contributed by atoms with Crippen LogP contribution in [0.1, 0.15) is 16.9 Å². The summed E-state index contributed by atoms with van der Waals surface area (Å²) in [5, 5.41) is 22.5. The van der Waals surface area contributed by atoms with E-state index in [1.165, 1.54) is 23.4 Å². The number of ether oxygens (including phenoxy) is 1. The van der Waals surface area contributed by atoms with E-state index in [0.717, 1.165) is 16.2 Å². The lowest BCUT2D eigenvalue weighted by molar-refractivity contribution is -0.122. The number of thioether (sulfide) groups is 1. The summed E-state index contributed by atoms with van der Waals surface area (Å²) >= 11 is 16.6. The number of benzene rings is 3. The van der Waals surface area contributed by atoms with Crippen molar-refractivity contribution in [3.63, 3.8) is 0 Å². The number of phenolic OH excluding ortho intramolecular Hbond substituents is 1. The van der Waals surface area contributed by atoms with Gasteiger partial charge in [-0.1, -0.05) is 39.1 Å². The van der Waals surface area contributed by atoms with E-state index in [1.54, 1.807) is 72.8 Å². The summed E-state index contributed by atoms with van der Waals surface area (Å²) in [5.41, 5.74) is 1.51. The Morgan fingerprint density at radius 1 is 1.07 bits per heavy atom. The van der Waals surface area contributed by atoms with Crippen LogP contribution in [-0.2, 0) is 16.1 Å². The SMILES string of the molecule is O=C(COc1ccc(Cl)cc1/C=C1\S/C(=N/N=C\c2cc(Br)ccc2O)N(Cc2ccco2)C1=O)Nc1ccc(Cl)cc1. The summed E-state index contributed by atoms with van der Waals surface area (Å²) < 4.78 is 12.0. The fraction of sp³-hybridized carbons (Fsp3) is 0.0667. The lowest BCUT2D eigenvalue weighted by atomic mass is 10.2. The lowest BCUT2D eigenvalue weighted by Crippen LogP contribution is -2.28. The molecular formula is C30H21BrCl2N4O5S. The maximum absolute atomic E-state index is 13.5. The number of rotatable bonds is 9. The Hall–Kier alpha value is -4.03. The quantitative estimate of drug-likeness (QED) is 0.106. The first kappa shape index (κ1) is 30.4. The van der Waals surface area contributed by atoms with Crippen LogP contribution in [0.2, 0.25) is 10.0 Å². The monoisotopic (exact) mass is 698 g/mol. The van der Waals surface area contributed by atoms with Crippen LogP contribution in [0.5, 0.6) is 11.5 Å². The first-order valence-corrected chi connectivity index (χ1v) is 14.9. The van der Waals surface area contributed by atoms with Crippen LogP contribution < -0.4 is 10.1 Å². The largest absolute Gasteiger partial charge is 0.507 e. The van der Waals surface area contributed by atoms with E-state index in [2.05, 4.69) is 31.4 Å². The molecule has 0 atom stereocenters. The van der Waals surface area contributed by atoms with Crippen molar-refractivity contribution in [2.45, 2.75) is 6.54 Å². The fourth-order valence-electron chi connectivity index (χ4n) is 3.83. The number of amidine groups is 1. The zero-order valence-corrected chi connectivity index (χ0v) is 26.0. The number of nitrogens with one attached hydrogen (secondary N) is 1. The first-order valence-electron chi connectivity index (χ1n) is 12.6. The molecule has 1 fully saturated rings. The van der Waals surface area contributed by atoms with E-state index in [1.807, 2.05) is 0 Å². The predicted molar refractivity (Wildman–Crippen MR) is 173 cm³/mol. The summed E-state index contributed by atoms with van der Waals surface area (Å²) in [6.45, 7) is -0.160. The summed E-state index contributed by atoms with van der Waals surface area (Å²) in [5.74, 6) is 0.214. The first-order chi connectivity index (χ1) is 20.7. The number of nitrogens with zero attached hydrogens (tertiary/aromatic N) is 3. The van der Waals surface area contributed by atoms with Crippen molar-refractivity contribution < 1.29 is 23.8 Å². The Kier molecular flexibility index (Phi) is 9.88. The van der Waals surface area contributed by atoms with Crippen LogP contribution in [-0.4, -0.2) is 39.8 Å². The zero-order chi connectivity index (χ0) is 30.3. The fourth-order valence-corrected chi connectivity index (χ4v) is 5.44. The molecule has 1 saturated heterocycles. The molecule has 0 radical (unpaired) electrons. The zero-order valence-electron chi connectivity index (χ0n) is 22.0. The van der Waals surface area contributed by atoms with Crippen LogP contribution in [0.15, 0.2) is 103 Å². The van der Waals surface area contributed by atoms with Gasteiger partial charge >= 0.3 is 0 Å². The van der Waals surface area contributed by atoms with Gasteiger partial charge in [0.05, 0.1) is 23.9 Å². The Balaban J connectivity index is 1.38. The number of amides is 2. The Morgan fingerprint density at radius 3 is 2.63 bits per heavy atom. The summed E-state index contributed by atoms with van der Waals surface area (Å²) in [6, 6.07) is 20.0. The van der Waals surface area contributed by atoms with E-state index >= 15 is 0 Å². The van der Waals surface area contributed by atoms with Gasteiger partial charge in [-0.3, -0.25) is 14.5 Å². The molecule has 0 saturated carbocycles. The molecular weight excluding hydrogens is 679 g/mol. The van der Waals surface area contributed by atoms with Crippen molar-refractivity contribution in [1.82, 2.24) is 4.90 Å². The van der Waals surface area contributed by atoms with Crippen LogP contribution in [0.3, 0.4) is 0 Å². The van der Waals surface area contributed by atoms with Crippen molar-refractivity contribution in [2.75, 3.05) is 11.9 Å². The van der Waals surface area contributed by atoms with Gasteiger partial charge < -0.3 is 19.6 Å². The van der Waals surface area contributed by atoms with E-state index in [-0.39, 0.29) is 30.7 Å². The average Bonchev–Trinajstić information content (AvgIpc) is 3.60. The highest BCUT2D eigenvalue weighted by molar-refractivity contribution is 9.10. The van der Waals surface area contributed by atoms with Gasteiger partial charge in [0.25, 0.3) is 11.8 Å². The number of carbonyl (C=O) groups is 2. The average molecular weight is 700 g/mol. The second-order valence-corrected chi connectivity index (χ2v) is 11.7. The van der Waals surface area contributed by atoms with Crippen molar-refractivity contribution >= 4 is 85.9 Å². The lowest BCUT2D eigenvalue weighted by Gasteiger charge is -2.13. The molecule has 218 valence electrons. The number of carbonyl (C=O) groups excluding carboxylic acids is 2. The molecule has 0 unspecified atom stereocenters. The number of hydrogen-bond acceptors (Lipinski definition) is 8. The molecule has 2 N–H and O–H groups in total. The van der Waals surface area contributed by atoms with Gasteiger partial charge in [-0.05, 0) is 90.6 Å². The van der Waals surface area contributed by atoms with E-state index in [4.69, 9.17) is 32.4 Å². The normalized spacial score (nSPS) is 15.1. The van der Waals surface area contributed by atoms with Gasteiger partial charge in [0.1, 0.15) is 17.3 Å². The molecule has 43 heavy (non-hydrogen) atoms. The molecule has 5 rings (SSSR count). The Morgan fingerprint density at radius 2 is 1.86 bits per heavy atom. The second-order valence-electron chi connectivity index (χ2n) is 8.94. The van der Waals surface area contributed by atoms with E-state index in [0.29, 0.717) is 48.4 Å². The highest BCUT2D eigenvalue weighted by Crippen LogP contribution is 2.36. The molecule has 2 amide bonds. The van der Waals surface area contributed by atoms with E-state index < -0.39 is 0 Å². The van der Waals surface area contributed by atoms with Crippen molar-refractivity contribution in [1.29, 1.82) is 0 Å². The summed E-state index contributed by atoms with van der Waals surface area (Å²) in [7, 11) is 0. The molecule has 4 aromatic rings. The van der Waals surface area contributed by atoms with Gasteiger partial charge in [-0.25, -0.2) is 0 Å². The smallest absolute Gasteiger partial charge is 0.267 e. The number of anilines is 1. The minimum absolute atomic E-state index is 0.0330. The van der Waals surface area contributed by atoms with Gasteiger partial charge in [-0.2, -0.15) is 5.10 Å². The number of furan rings is 1. The third kappa shape index (κ3) is 8.08. The van der Waals surface area contributed by atoms with E-state index in [9.17, 15) is 14.7 Å². The maximum atomic E-state index is 13.5. The molecule has 3 aromatic carbocycles. The highest BCUT2D eigenvalue weighted by atomic mass is 79.9. The highest BCUT2D eigenvalue weighted by Gasteiger charge is 2.34. The van der Waals surface area contributed by atoms with Crippen LogP contribution >= 0.6 is 50.9 Å². The van der Waals surface area contributed by atoms with Gasteiger partial charge in [0, 0.05) is 31.3 Å². The Labute approximate surface area is 269 Å². The number of halogens is 3. The van der Waals surface area contributed by atoms with Crippen molar-refractivity contribution in [3.05, 3.63) is 115 Å². The molecule has 1 aliphatic heterocycles. The van der Waals surface area contributed by atoms with Gasteiger partial charge in [0.2, 0.25) is 0 Å². The number of hydrogen-bond donors (Lipinski definition) is 2. The molecule has 9 nitrogen and oxygen atoms in total. The third-order valence-electron chi connectivity index (χ3n) is 5.86. The summed E-state index contributed by atoms with van der Waals surface area (Å²) in [6.07, 6.45) is 4.53.